The molecule has 0 aromatic heterocycles. The smallest absolute Gasteiger partial charge is 0.158 e. The predicted molar refractivity (Wildman–Crippen MR) is 74.0 cm³/mol. The van der Waals surface area contributed by atoms with Gasteiger partial charge in [-0.2, -0.15) is 0 Å². The summed E-state index contributed by atoms with van der Waals surface area (Å²) in [5.41, 5.74) is 4.59. The molecule has 0 saturated heterocycles. The van der Waals surface area contributed by atoms with Crippen molar-refractivity contribution in [2.45, 2.75) is 26.7 Å². The van der Waals surface area contributed by atoms with E-state index in [9.17, 15) is 10.2 Å². The predicted octanol–water partition coefficient (Wildman–Crippen LogP) is 3.89. The van der Waals surface area contributed by atoms with Crippen molar-refractivity contribution in [1.82, 2.24) is 0 Å². The van der Waals surface area contributed by atoms with Gasteiger partial charge in [0.2, 0.25) is 0 Å². The first-order valence-corrected chi connectivity index (χ1v) is 6.29. The molecule has 0 heterocycles. The van der Waals surface area contributed by atoms with Crippen LogP contribution in [-0.2, 0) is 12.8 Å². The Hall–Kier alpha value is -1.96. The molecule has 2 rings (SSSR count). The summed E-state index contributed by atoms with van der Waals surface area (Å²) in [6, 6.07) is 11.4. The van der Waals surface area contributed by atoms with E-state index in [-0.39, 0.29) is 11.5 Å². The van der Waals surface area contributed by atoms with Crippen LogP contribution >= 0.6 is 0 Å². The summed E-state index contributed by atoms with van der Waals surface area (Å²) in [5, 5.41) is 19.0. The van der Waals surface area contributed by atoms with E-state index < -0.39 is 0 Å². The summed E-state index contributed by atoms with van der Waals surface area (Å²) in [4.78, 5) is 0. The number of phenols is 2. The minimum Gasteiger partial charge on any atom is -0.504 e. The average Bonchev–Trinajstić information content (AvgIpc) is 2.41. The highest BCUT2D eigenvalue weighted by Gasteiger charge is 2.07. The quantitative estimate of drug-likeness (QED) is 0.802. The first-order chi connectivity index (χ1) is 8.65. The molecule has 0 fully saturated rings. The van der Waals surface area contributed by atoms with Crippen LogP contribution in [0.1, 0.15) is 25.0 Å². The van der Waals surface area contributed by atoms with Crippen molar-refractivity contribution in [3.63, 3.8) is 0 Å². The normalized spacial score (nSPS) is 10.6. The molecule has 0 aliphatic heterocycles. The zero-order valence-electron chi connectivity index (χ0n) is 10.8. The van der Waals surface area contributed by atoms with Crippen LogP contribution in [-0.4, -0.2) is 10.2 Å². The van der Waals surface area contributed by atoms with Crippen molar-refractivity contribution in [3.8, 4) is 22.6 Å². The van der Waals surface area contributed by atoms with E-state index >= 15 is 0 Å². The molecule has 0 bridgehead atoms. The van der Waals surface area contributed by atoms with Gasteiger partial charge < -0.3 is 10.2 Å². The van der Waals surface area contributed by atoms with Gasteiger partial charge in [0.05, 0.1) is 0 Å². The Morgan fingerprint density at radius 2 is 1.61 bits per heavy atom. The molecule has 0 amide bonds. The molecule has 0 spiro atoms. The molecular formula is C16H18O2. The summed E-state index contributed by atoms with van der Waals surface area (Å²) in [7, 11) is 0. The van der Waals surface area contributed by atoms with Crippen LogP contribution < -0.4 is 0 Å². The third kappa shape index (κ3) is 2.33. The number of aryl methyl sites for hydroxylation is 2. The van der Waals surface area contributed by atoms with Crippen LogP contribution in [0, 0.1) is 0 Å². The molecule has 0 aliphatic rings. The summed E-state index contributed by atoms with van der Waals surface area (Å²) in [5.74, 6) is -0.153. The summed E-state index contributed by atoms with van der Waals surface area (Å²) in [6.45, 7) is 4.24. The van der Waals surface area contributed by atoms with Crippen molar-refractivity contribution in [2.75, 3.05) is 0 Å². The van der Waals surface area contributed by atoms with Gasteiger partial charge in [-0.15, -0.1) is 0 Å². The number of phenolic OH excluding ortho intramolecular Hbond substituents is 2. The van der Waals surface area contributed by atoms with E-state index in [2.05, 4.69) is 32.0 Å². The lowest BCUT2D eigenvalue weighted by molar-refractivity contribution is 0.404. The van der Waals surface area contributed by atoms with E-state index in [1.165, 1.54) is 17.2 Å². The molecular weight excluding hydrogens is 224 g/mol. The highest BCUT2D eigenvalue weighted by molar-refractivity contribution is 5.70. The molecule has 2 heteroatoms. The van der Waals surface area contributed by atoms with Gasteiger partial charge in [-0.1, -0.05) is 38.1 Å². The molecule has 94 valence electrons. The summed E-state index contributed by atoms with van der Waals surface area (Å²) in [6.07, 6.45) is 1.93. The fourth-order valence-electron chi connectivity index (χ4n) is 2.11. The summed E-state index contributed by atoms with van der Waals surface area (Å²) < 4.78 is 0. The summed E-state index contributed by atoms with van der Waals surface area (Å²) >= 11 is 0. The van der Waals surface area contributed by atoms with Gasteiger partial charge in [-0.3, -0.25) is 0 Å². The van der Waals surface area contributed by atoms with E-state index in [0.29, 0.717) is 0 Å². The number of rotatable bonds is 3. The molecule has 18 heavy (non-hydrogen) atoms. The van der Waals surface area contributed by atoms with Gasteiger partial charge in [0, 0.05) is 0 Å². The Morgan fingerprint density at radius 3 is 2.22 bits per heavy atom. The Balaban J connectivity index is 2.57. The Bertz CT molecular complexity index is 559. The van der Waals surface area contributed by atoms with E-state index in [1.807, 2.05) is 6.07 Å². The van der Waals surface area contributed by atoms with Gasteiger partial charge >= 0.3 is 0 Å². The molecule has 0 unspecified atom stereocenters. The topological polar surface area (TPSA) is 40.5 Å². The molecule has 0 aliphatic carbocycles. The second-order valence-electron chi connectivity index (χ2n) is 4.40. The maximum absolute atomic E-state index is 9.60. The SMILES string of the molecule is CCc1ccc(CC)c(-c2ccc(O)c(O)c2)c1. The van der Waals surface area contributed by atoms with E-state index in [1.54, 1.807) is 6.07 Å². The lowest BCUT2D eigenvalue weighted by Crippen LogP contribution is -1.90. The second-order valence-corrected chi connectivity index (χ2v) is 4.40. The number of hydrogen-bond acceptors (Lipinski definition) is 2. The van der Waals surface area contributed by atoms with Crippen LogP contribution in [0.2, 0.25) is 0 Å². The highest BCUT2D eigenvalue weighted by Crippen LogP contribution is 2.33. The number of hydrogen-bond donors (Lipinski definition) is 2. The molecule has 2 nitrogen and oxygen atoms in total. The second kappa shape index (κ2) is 5.13. The fraction of sp³-hybridized carbons (Fsp3) is 0.250. The van der Waals surface area contributed by atoms with Gasteiger partial charge in [-0.05, 0) is 47.2 Å². The van der Waals surface area contributed by atoms with Crippen molar-refractivity contribution in [2.24, 2.45) is 0 Å². The Morgan fingerprint density at radius 1 is 0.833 bits per heavy atom. The van der Waals surface area contributed by atoms with Gasteiger partial charge in [0.1, 0.15) is 0 Å². The zero-order chi connectivity index (χ0) is 13.1. The van der Waals surface area contributed by atoms with Crippen molar-refractivity contribution in [3.05, 3.63) is 47.5 Å². The molecule has 2 aromatic rings. The number of benzene rings is 2. The highest BCUT2D eigenvalue weighted by atomic mass is 16.3. The maximum Gasteiger partial charge on any atom is 0.158 e. The zero-order valence-corrected chi connectivity index (χ0v) is 10.8. The van der Waals surface area contributed by atoms with Crippen LogP contribution in [0.25, 0.3) is 11.1 Å². The third-order valence-corrected chi connectivity index (χ3v) is 3.25. The van der Waals surface area contributed by atoms with Crippen LogP contribution in [0.3, 0.4) is 0 Å². The standard InChI is InChI=1S/C16H18O2/c1-3-11-5-6-12(4-2)14(9-11)13-7-8-15(17)16(18)10-13/h5-10,17-18H,3-4H2,1-2H3. The molecule has 0 radical (unpaired) electrons. The fourth-order valence-corrected chi connectivity index (χ4v) is 2.11. The minimum atomic E-state index is -0.0801. The largest absolute Gasteiger partial charge is 0.504 e. The van der Waals surface area contributed by atoms with Crippen LogP contribution in [0.15, 0.2) is 36.4 Å². The van der Waals surface area contributed by atoms with Crippen LogP contribution in [0.4, 0.5) is 0 Å². The van der Waals surface area contributed by atoms with Crippen molar-refractivity contribution >= 4 is 0 Å². The lowest BCUT2D eigenvalue weighted by atomic mass is 9.95. The van der Waals surface area contributed by atoms with E-state index in [4.69, 9.17) is 0 Å². The van der Waals surface area contributed by atoms with Gasteiger partial charge in [-0.25, -0.2) is 0 Å². The Labute approximate surface area is 108 Å². The maximum atomic E-state index is 9.60. The van der Waals surface area contributed by atoms with Crippen molar-refractivity contribution in [1.29, 1.82) is 0 Å². The van der Waals surface area contributed by atoms with E-state index in [0.717, 1.165) is 24.0 Å². The molecule has 0 atom stereocenters. The average molecular weight is 242 g/mol. The first-order valence-electron chi connectivity index (χ1n) is 6.29. The number of aromatic hydroxyl groups is 2. The first kappa shape index (κ1) is 12.5. The lowest BCUT2D eigenvalue weighted by Gasteiger charge is -2.11. The minimum absolute atomic E-state index is 0.0727. The molecule has 2 N–H and O–H groups in total. The van der Waals surface area contributed by atoms with Crippen LogP contribution in [0.5, 0.6) is 11.5 Å². The molecule has 2 aromatic carbocycles. The Kier molecular flexibility index (Phi) is 3.56. The molecule has 0 saturated carbocycles. The third-order valence-electron chi connectivity index (χ3n) is 3.25. The van der Waals surface area contributed by atoms with Crippen molar-refractivity contribution < 1.29 is 10.2 Å². The van der Waals surface area contributed by atoms with Gasteiger partial charge in [0.25, 0.3) is 0 Å². The monoisotopic (exact) mass is 242 g/mol. The van der Waals surface area contributed by atoms with Gasteiger partial charge in [0.15, 0.2) is 11.5 Å².